The zero-order valence-electron chi connectivity index (χ0n) is 11.4. The van der Waals surface area contributed by atoms with Crippen molar-refractivity contribution >= 4 is 0 Å². The van der Waals surface area contributed by atoms with Gasteiger partial charge in [0.05, 0.1) is 38.6 Å². The maximum atomic E-state index is 11.9. The molecule has 19 heavy (non-hydrogen) atoms. The van der Waals surface area contributed by atoms with Crippen LogP contribution in [0.2, 0.25) is 0 Å². The van der Waals surface area contributed by atoms with E-state index in [0.717, 1.165) is 0 Å². The molecular formula is C12H24F2O5. The first kappa shape index (κ1) is 18.7. The predicted octanol–water partition coefficient (Wildman–Crippen LogP) is 0.474. The molecule has 0 amide bonds. The molecular weight excluding hydrogens is 262 g/mol. The number of alkyl halides is 2. The fourth-order valence-corrected chi connectivity index (χ4v) is 1.14. The SMILES string of the molecule is CC(COCC(C)OCC(O)CF)OCC(O)CF. The summed E-state index contributed by atoms with van der Waals surface area (Å²) < 4.78 is 39.5. The van der Waals surface area contributed by atoms with Crippen molar-refractivity contribution in [2.75, 3.05) is 39.8 Å². The summed E-state index contributed by atoms with van der Waals surface area (Å²) in [5, 5.41) is 17.9. The van der Waals surface area contributed by atoms with E-state index in [9.17, 15) is 8.78 Å². The Morgan fingerprint density at radius 3 is 1.47 bits per heavy atom. The first-order valence-electron chi connectivity index (χ1n) is 6.28. The molecule has 0 radical (unpaired) electrons. The lowest BCUT2D eigenvalue weighted by Gasteiger charge is -2.18. The molecule has 116 valence electrons. The van der Waals surface area contributed by atoms with E-state index in [-0.39, 0.29) is 38.6 Å². The molecule has 0 bridgehead atoms. The maximum absolute atomic E-state index is 11.9. The molecule has 0 aliphatic rings. The Hall–Kier alpha value is -0.340. The lowest BCUT2D eigenvalue weighted by atomic mass is 10.4. The van der Waals surface area contributed by atoms with E-state index < -0.39 is 25.6 Å². The van der Waals surface area contributed by atoms with Crippen molar-refractivity contribution in [1.29, 1.82) is 0 Å². The van der Waals surface area contributed by atoms with Gasteiger partial charge in [-0.25, -0.2) is 8.78 Å². The van der Waals surface area contributed by atoms with E-state index in [2.05, 4.69) is 0 Å². The third-order valence-electron chi connectivity index (χ3n) is 2.21. The summed E-state index contributed by atoms with van der Waals surface area (Å²) in [6.45, 7) is 2.21. The summed E-state index contributed by atoms with van der Waals surface area (Å²) in [7, 11) is 0. The normalized spacial score (nSPS) is 18.0. The van der Waals surface area contributed by atoms with Crippen molar-refractivity contribution in [2.24, 2.45) is 0 Å². The second kappa shape index (κ2) is 11.5. The molecule has 0 saturated heterocycles. The lowest BCUT2D eigenvalue weighted by molar-refractivity contribution is -0.0756. The first-order chi connectivity index (χ1) is 8.99. The summed E-state index contributed by atoms with van der Waals surface area (Å²) in [6.07, 6.45) is -2.76. The highest BCUT2D eigenvalue weighted by molar-refractivity contribution is 4.56. The number of ether oxygens (including phenoxy) is 3. The third-order valence-corrected chi connectivity index (χ3v) is 2.21. The molecule has 0 spiro atoms. The van der Waals surface area contributed by atoms with Crippen LogP contribution < -0.4 is 0 Å². The van der Waals surface area contributed by atoms with Crippen molar-refractivity contribution in [3.63, 3.8) is 0 Å². The molecule has 0 saturated carbocycles. The van der Waals surface area contributed by atoms with Crippen LogP contribution in [0.3, 0.4) is 0 Å². The average molecular weight is 286 g/mol. The van der Waals surface area contributed by atoms with Gasteiger partial charge in [-0.3, -0.25) is 0 Å². The van der Waals surface area contributed by atoms with Crippen LogP contribution in [-0.2, 0) is 14.2 Å². The van der Waals surface area contributed by atoms with Crippen molar-refractivity contribution in [1.82, 2.24) is 0 Å². The number of hydrogen-bond acceptors (Lipinski definition) is 5. The van der Waals surface area contributed by atoms with Crippen molar-refractivity contribution < 1.29 is 33.2 Å². The molecule has 0 aliphatic carbocycles. The minimum atomic E-state index is -1.10. The van der Waals surface area contributed by atoms with E-state index in [4.69, 9.17) is 24.4 Å². The van der Waals surface area contributed by atoms with Gasteiger partial charge in [0.15, 0.2) is 0 Å². The Morgan fingerprint density at radius 2 is 1.16 bits per heavy atom. The Balaban J connectivity index is 3.50. The van der Waals surface area contributed by atoms with Crippen LogP contribution in [0.5, 0.6) is 0 Å². The van der Waals surface area contributed by atoms with E-state index >= 15 is 0 Å². The van der Waals surface area contributed by atoms with Gasteiger partial charge in [-0.2, -0.15) is 0 Å². The summed E-state index contributed by atoms with van der Waals surface area (Å²) in [6, 6.07) is 0. The standard InChI is InChI=1S/C12H24F2O5/c1-9(18-7-11(15)3-13)5-17-6-10(2)19-8-12(16)4-14/h9-12,15-16H,3-8H2,1-2H3. The van der Waals surface area contributed by atoms with Crippen LogP contribution in [0.15, 0.2) is 0 Å². The van der Waals surface area contributed by atoms with E-state index in [1.807, 2.05) is 0 Å². The van der Waals surface area contributed by atoms with E-state index in [1.165, 1.54) is 0 Å². The van der Waals surface area contributed by atoms with Gasteiger partial charge in [0.1, 0.15) is 25.6 Å². The molecule has 0 fully saturated rings. The Kier molecular flexibility index (Phi) is 11.3. The molecule has 0 rings (SSSR count). The molecule has 0 aromatic rings. The second-order valence-electron chi connectivity index (χ2n) is 4.44. The first-order valence-corrected chi connectivity index (χ1v) is 6.28. The molecule has 0 aliphatic heterocycles. The second-order valence-corrected chi connectivity index (χ2v) is 4.44. The summed E-state index contributed by atoms with van der Waals surface area (Å²) >= 11 is 0. The fourth-order valence-electron chi connectivity index (χ4n) is 1.14. The highest BCUT2D eigenvalue weighted by Gasteiger charge is 2.10. The largest absolute Gasteiger partial charge is 0.388 e. The molecule has 0 aromatic heterocycles. The Bertz CT molecular complexity index is 189. The van der Waals surface area contributed by atoms with Gasteiger partial charge in [-0.1, -0.05) is 0 Å². The van der Waals surface area contributed by atoms with Crippen LogP contribution in [0, 0.1) is 0 Å². The fraction of sp³-hybridized carbons (Fsp3) is 1.00. The lowest BCUT2D eigenvalue weighted by Crippen LogP contribution is -2.27. The van der Waals surface area contributed by atoms with Gasteiger partial charge < -0.3 is 24.4 Å². The molecule has 0 aromatic carbocycles. The van der Waals surface area contributed by atoms with Gasteiger partial charge in [0, 0.05) is 0 Å². The third kappa shape index (κ3) is 11.2. The zero-order chi connectivity index (χ0) is 14.7. The predicted molar refractivity (Wildman–Crippen MR) is 65.6 cm³/mol. The molecule has 4 atom stereocenters. The molecule has 4 unspecified atom stereocenters. The Morgan fingerprint density at radius 1 is 0.789 bits per heavy atom. The number of hydrogen-bond donors (Lipinski definition) is 2. The van der Waals surface area contributed by atoms with Crippen molar-refractivity contribution in [3.05, 3.63) is 0 Å². The Labute approximate surface area is 112 Å². The minimum absolute atomic E-state index is 0.0736. The average Bonchev–Trinajstić information content (AvgIpc) is 2.41. The van der Waals surface area contributed by atoms with Gasteiger partial charge in [-0.05, 0) is 13.8 Å². The molecule has 7 heteroatoms. The minimum Gasteiger partial charge on any atom is -0.388 e. The van der Waals surface area contributed by atoms with Crippen molar-refractivity contribution in [3.8, 4) is 0 Å². The maximum Gasteiger partial charge on any atom is 0.118 e. The van der Waals surface area contributed by atoms with Crippen molar-refractivity contribution in [2.45, 2.75) is 38.3 Å². The number of rotatable bonds is 12. The number of halogens is 2. The molecule has 0 heterocycles. The highest BCUT2D eigenvalue weighted by Crippen LogP contribution is 1.99. The van der Waals surface area contributed by atoms with Crippen LogP contribution in [0.4, 0.5) is 8.78 Å². The van der Waals surface area contributed by atoms with Crippen LogP contribution >= 0.6 is 0 Å². The van der Waals surface area contributed by atoms with Crippen LogP contribution in [0.1, 0.15) is 13.8 Å². The zero-order valence-corrected chi connectivity index (χ0v) is 11.4. The summed E-state index contributed by atoms with van der Waals surface area (Å²) in [5.41, 5.74) is 0. The summed E-state index contributed by atoms with van der Waals surface area (Å²) in [4.78, 5) is 0. The molecule has 5 nitrogen and oxygen atoms in total. The smallest absolute Gasteiger partial charge is 0.118 e. The molecule has 2 N–H and O–H groups in total. The van der Waals surface area contributed by atoms with E-state index in [1.54, 1.807) is 13.8 Å². The van der Waals surface area contributed by atoms with Crippen LogP contribution in [-0.4, -0.2) is 74.4 Å². The van der Waals surface area contributed by atoms with E-state index in [0.29, 0.717) is 0 Å². The van der Waals surface area contributed by atoms with Gasteiger partial charge in [-0.15, -0.1) is 0 Å². The van der Waals surface area contributed by atoms with Gasteiger partial charge in [0.2, 0.25) is 0 Å². The number of aliphatic hydroxyl groups excluding tert-OH is 2. The quantitative estimate of drug-likeness (QED) is 0.546. The monoisotopic (exact) mass is 286 g/mol. The van der Waals surface area contributed by atoms with Gasteiger partial charge in [0.25, 0.3) is 0 Å². The summed E-state index contributed by atoms with van der Waals surface area (Å²) in [5.74, 6) is 0. The van der Waals surface area contributed by atoms with Gasteiger partial charge >= 0.3 is 0 Å². The highest BCUT2D eigenvalue weighted by atomic mass is 19.1. The van der Waals surface area contributed by atoms with Crippen LogP contribution in [0.25, 0.3) is 0 Å². The topological polar surface area (TPSA) is 68.2 Å². The number of aliphatic hydroxyl groups is 2.